The normalized spacial score (nSPS) is 13.7. The maximum Gasteiger partial charge on any atom is 0.460 e. The molecule has 0 saturated carbocycles. The van der Waals surface area contributed by atoms with Gasteiger partial charge < -0.3 is 14.9 Å². The molecule has 0 aromatic heterocycles. The van der Waals surface area contributed by atoms with Gasteiger partial charge in [0.15, 0.2) is 8.32 Å². The molecule has 0 unspecified atom stereocenters. The van der Waals surface area contributed by atoms with Crippen molar-refractivity contribution in [1.29, 1.82) is 0 Å². The molecule has 0 fully saturated rings. The molecular weight excluding hydrogens is 335 g/mol. The second-order valence-corrected chi connectivity index (χ2v) is 13.3. The molecule has 1 heterocycles. The summed E-state index contributed by atoms with van der Waals surface area (Å²) >= 11 is 0. The third-order valence-electron chi connectivity index (χ3n) is 5.47. The monoisotopic (exact) mass is 364 g/mol. The van der Waals surface area contributed by atoms with E-state index in [4.69, 9.17) is 4.43 Å². The van der Waals surface area contributed by atoms with Gasteiger partial charge in [-0.25, -0.2) is 0 Å². The molecule has 1 aliphatic rings. The minimum absolute atomic E-state index is 0.0446. The van der Waals surface area contributed by atoms with Crippen LogP contribution in [0.3, 0.4) is 0 Å². The Hall–Kier alpha value is -1.90. The number of hydrogen-bond donors (Lipinski definition) is 2. The first-order chi connectivity index (χ1) is 12.3. The van der Waals surface area contributed by atoms with Gasteiger partial charge in [0.05, 0.1) is 0 Å². The number of anilines is 2. The summed E-state index contributed by atoms with van der Waals surface area (Å²) in [6.07, 6.45) is 1.85. The second kappa shape index (κ2) is 7.38. The van der Waals surface area contributed by atoms with Crippen molar-refractivity contribution in [3.63, 3.8) is 0 Å². The molecule has 0 bridgehead atoms. The fourth-order valence-corrected chi connectivity index (χ4v) is 3.97. The molecule has 0 spiro atoms. The van der Waals surface area contributed by atoms with Crippen LogP contribution in [-0.2, 0) is 4.43 Å². The van der Waals surface area contributed by atoms with Crippen LogP contribution >= 0.6 is 0 Å². The van der Waals surface area contributed by atoms with Crippen LogP contribution in [0.1, 0.15) is 33.6 Å². The SMILES string of the molecule is CC(C)(C)[Si](C)(C)OCCCC#CB1Nc2cccc3cccc(c23)N1. The lowest BCUT2D eigenvalue weighted by Crippen LogP contribution is -2.40. The molecule has 0 atom stereocenters. The van der Waals surface area contributed by atoms with Gasteiger partial charge >= 0.3 is 6.98 Å². The van der Waals surface area contributed by atoms with Crippen molar-refractivity contribution in [3.05, 3.63) is 36.4 Å². The van der Waals surface area contributed by atoms with Crippen LogP contribution in [0.15, 0.2) is 36.4 Å². The lowest BCUT2D eigenvalue weighted by molar-refractivity contribution is 0.284. The van der Waals surface area contributed by atoms with E-state index in [0.717, 1.165) is 30.8 Å². The van der Waals surface area contributed by atoms with Crippen LogP contribution in [0, 0.1) is 11.7 Å². The first-order valence-electron chi connectivity index (χ1n) is 9.45. The maximum absolute atomic E-state index is 6.21. The Morgan fingerprint density at radius 2 is 1.65 bits per heavy atom. The Morgan fingerprint density at radius 3 is 2.23 bits per heavy atom. The fraction of sp³-hybridized carbons (Fsp3) is 0.429. The average Bonchev–Trinajstić information content (AvgIpc) is 2.57. The summed E-state index contributed by atoms with van der Waals surface area (Å²) in [6, 6.07) is 12.7. The first-order valence-corrected chi connectivity index (χ1v) is 12.4. The van der Waals surface area contributed by atoms with Crippen molar-refractivity contribution in [2.24, 2.45) is 0 Å². The third kappa shape index (κ3) is 4.08. The summed E-state index contributed by atoms with van der Waals surface area (Å²) in [5.41, 5.74) is 2.30. The summed E-state index contributed by atoms with van der Waals surface area (Å²) in [7, 11) is -1.64. The largest absolute Gasteiger partial charge is 0.460 e. The van der Waals surface area contributed by atoms with Crippen LogP contribution in [0.25, 0.3) is 10.8 Å². The second-order valence-electron chi connectivity index (χ2n) is 8.46. The van der Waals surface area contributed by atoms with Gasteiger partial charge in [-0.15, -0.1) is 5.92 Å². The predicted octanol–water partition coefficient (Wildman–Crippen LogP) is 5.51. The van der Waals surface area contributed by atoms with E-state index in [1.54, 1.807) is 0 Å². The van der Waals surface area contributed by atoms with E-state index in [0.29, 0.717) is 0 Å². The molecule has 0 amide bonds. The molecule has 2 aromatic carbocycles. The maximum atomic E-state index is 6.21. The minimum atomic E-state index is -1.64. The smallest absolute Gasteiger partial charge is 0.417 e. The highest BCUT2D eigenvalue weighted by atomic mass is 28.4. The van der Waals surface area contributed by atoms with Crippen LogP contribution in [0.5, 0.6) is 0 Å². The summed E-state index contributed by atoms with van der Waals surface area (Å²) in [4.78, 5) is 0. The minimum Gasteiger partial charge on any atom is -0.417 e. The molecule has 5 heteroatoms. The molecule has 0 aliphatic carbocycles. The fourth-order valence-electron chi connectivity index (χ4n) is 2.88. The van der Waals surface area contributed by atoms with Crippen LogP contribution < -0.4 is 10.5 Å². The van der Waals surface area contributed by atoms with Crippen molar-refractivity contribution in [2.75, 3.05) is 17.1 Å². The van der Waals surface area contributed by atoms with Crippen molar-refractivity contribution in [2.45, 2.75) is 51.7 Å². The Balaban J connectivity index is 1.53. The van der Waals surface area contributed by atoms with Crippen LogP contribution in [0.2, 0.25) is 18.1 Å². The van der Waals surface area contributed by atoms with Crippen LogP contribution in [-0.4, -0.2) is 21.9 Å². The van der Waals surface area contributed by atoms with Gasteiger partial charge in [0.2, 0.25) is 0 Å². The quantitative estimate of drug-likeness (QED) is 0.426. The Kier molecular flexibility index (Phi) is 5.36. The highest BCUT2D eigenvalue weighted by Gasteiger charge is 2.36. The lowest BCUT2D eigenvalue weighted by atomic mass is 9.74. The molecule has 1 aliphatic heterocycles. The van der Waals surface area contributed by atoms with Crippen molar-refractivity contribution in [1.82, 2.24) is 0 Å². The number of nitrogens with one attached hydrogen (secondary N) is 2. The molecule has 3 nitrogen and oxygen atoms in total. The van der Waals surface area contributed by atoms with Crippen molar-refractivity contribution in [3.8, 4) is 11.7 Å². The number of hydrogen-bond acceptors (Lipinski definition) is 3. The van der Waals surface area contributed by atoms with Gasteiger partial charge in [0.25, 0.3) is 0 Å². The molecule has 26 heavy (non-hydrogen) atoms. The Morgan fingerprint density at radius 1 is 1.04 bits per heavy atom. The van der Waals surface area contributed by atoms with Gasteiger partial charge in [-0.2, -0.15) is 0 Å². The topological polar surface area (TPSA) is 33.3 Å². The molecule has 2 aromatic rings. The highest BCUT2D eigenvalue weighted by molar-refractivity contribution is 6.75. The lowest BCUT2D eigenvalue weighted by Gasteiger charge is -2.36. The van der Waals surface area contributed by atoms with Crippen LogP contribution in [0.4, 0.5) is 11.4 Å². The van der Waals surface area contributed by atoms with E-state index in [2.05, 4.69) is 92.5 Å². The van der Waals surface area contributed by atoms with E-state index in [9.17, 15) is 0 Å². The molecule has 3 rings (SSSR count). The summed E-state index contributed by atoms with van der Waals surface area (Å²) < 4.78 is 6.21. The van der Waals surface area contributed by atoms with Gasteiger partial charge in [0.1, 0.15) is 0 Å². The zero-order valence-electron chi connectivity index (χ0n) is 16.6. The van der Waals surface area contributed by atoms with E-state index in [1.165, 1.54) is 10.8 Å². The van der Waals surface area contributed by atoms with E-state index in [-0.39, 0.29) is 12.0 Å². The van der Waals surface area contributed by atoms with Gasteiger partial charge in [-0.1, -0.05) is 50.9 Å². The zero-order chi connectivity index (χ0) is 18.8. The molecule has 0 radical (unpaired) electrons. The molecular formula is C21H29BN2OSi. The zero-order valence-corrected chi connectivity index (χ0v) is 17.6. The summed E-state index contributed by atoms with van der Waals surface area (Å²) in [6.45, 7) is 12.2. The standard InChI is InChI=1S/C21H29BN2OSi/c1-21(2,3)26(4,5)25-16-8-6-7-15-22-23-18-13-9-11-17-12-10-14-19(24-22)20(17)18/h9-14,23-24H,6,8,16H2,1-5H3. The van der Waals surface area contributed by atoms with Gasteiger partial charge in [-0.05, 0) is 42.1 Å². The Labute approximate surface area is 159 Å². The first kappa shape index (κ1) is 18.9. The summed E-state index contributed by atoms with van der Waals surface area (Å²) in [5, 5.41) is 9.73. The van der Waals surface area contributed by atoms with E-state index >= 15 is 0 Å². The molecule has 136 valence electrons. The summed E-state index contributed by atoms with van der Waals surface area (Å²) in [5.74, 6) is 6.62. The predicted molar refractivity (Wildman–Crippen MR) is 117 cm³/mol. The van der Waals surface area contributed by atoms with Crippen molar-refractivity contribution >= 4 is 37.4 Å². The Bertz CT molecular complexity index is 808. The number of rotatable bonds is 4. The highest BCUT2D eigenvalue weighted by Crippen LogP contribution is 2.36. The van der Waals surface area contributed by atoms with E-state index in [1.807, 2.05) is 0 Å². The van der Waals surface area contributed by atoms with Crippen molar-refractivity contribution < 1.29 is 4.43 Å². The van der Waals surface area contributed by atoms with Gasteiger partial charge in [0, 0.05) is 29.8 Å². The third-order valence-corrected chi connectivity index (χ3v) is 10.0. The van der Waals surface area contributed by atoms with E-state index < -0.39 is 8.32 Å². The number of unbranched alkanes of at least 4 members (excludes halogenated alkanes) is 1. The molecule has 0 saturated heterocycles. The number of benzene rings is 2. The van der Waals surface area contributed by atoms with Gasteiger partial charge in [-0.3, -0.25) is 0 Å². The molecule has 2 N–H and O–H groups in total. The average molecular weight is 364 g/mol.